The van der Waals surface area contributed by atoms with Gasteiger partial charge in [-0.3, -0.25) is 0 Å². The van der Waals surface area contributed by atoms with E-state index in [0.29, 0.717) is 6.04 Å². The number of fused-ring (bicyclic) bond motifs is 1. The van der Waals surface area contributed by atoms with Gasteiger partial charge in [0.2, 0.25) is 0 Å². The van der Waals surface area contributed by atoms with E-state index in [0.717, 1.165) is 36.3 Å². The van der Waals surface area contributed by atoms with Crippen molar-refractivity contribution < 1.29 is 0 Å². The number of para-hydroxylation sites is 1. The van der Waals surface area contributed by atoms with Crippen molar-refractivity contribution in [2.24, 2.45) is 0 Å². The van der Waals surface area contributed by atoms with Gasteiger partial charge in [0.05, 0.1) is 5.70 Å². The van der Waals surface area contributed by atoms with Crippen LogP contribution in [0.5, 0.6) is 0 Å². The number of benzene rings is 5. The Kier molecular flexibility index (Phi) is 10.2. The minimum atomic E-state index is 0.408. The quantitative estimate of drug-likeness (QED) is 0.179. The second kappa shape index (κ2) is 15.4. The van der Waals surface area contributed by atoms with E-state index in [1.54, 1.807) is 0 Å². The summed E-state index contributed by atoms with van der Waals surface area (Å²) < 4.78 is 0. The summed E-state index contributed by atoms with van der Waals surface area (Å²) in [6.07, 6.45) is 22.6. The summed E-state index contributed by atoms with van der Waals surface area (Å²) >= 11 is 0. The molecule has 1 atom stereocenters. The lowest BCUT2D eigenvalue weighted by Gasteiger charge is -2.29. The van der Waals surface area contributed by atoms with Crippen molar-refractivity contribution in [2.45, 2.75) is 25.3 Å². The number of nitrogens with zero attached hydrogens (tertiary/aromatic N) is 1. The lowest BCUT2D eigenvalue weighted by atomic mass is 10.0. The fraction of sp³-hybridized carbons (Fsp3) is 0.0909. The predicted molar refractivity (Wildman–Crippen MR) is 199 cm³/mol. The third-order valence-corrected chi connectivity index (χ3v) is 8.17. The zero-order valence-corrected chi connectivity index (χ0v) is 26.2. The van der Waals surface area contributed by atoms with E-state index in [1.807, 2.05) is 12.1 Å². The summed E-state index contributed by atoms with van der Waals surface area (Å²) in [5.41, 5.74) is 8.28. The molecule has 0 amide bonds. The van der Waals surface area contributed by atoms with Crippen LogP contribution in [-0.2, 0) is 0 Å². The van der Waals surface area contributed by atoms with Crippen molar-refractivity contribution in [2.75, 3.05) is 10.2 Å². The second-order valence-electron chi connectivity index (χ2n) is 11.3. The first-order chi connectivity index (χ1) is 22.8. The molecular weight excluding hydrogens is 556 g/mol. The molecule has 0 radical (unpaired) electrons. The summed E-state index contributed by atoms with van der Waals surface area (Å²) in [6, 6.07) is 45.1. The third kappa shape index (κ3) is 7.54. The maximum atomic E-state index is 3.96. The number of rotatable bonds is 8. The van der Waals surface area contributed by atoms with Crippen molar-refractivity contribution in [3.63, 3.8) is 0 Å². The van der Waals surface area contributed by atoms with Gasteiger partial charge in [-0.05, 0) is 77.8 Å². The van der Waals surface area contributed by atoms with Crippen LogP contribution in [0.2, 0.25) is 0 Å². The molecule has 226 valence electrons. The molecule has 7 rings (SSSR count). The molecule has 1 N–H and O–H groups in total. The highest BCUT2D eigenvalue weighted by Gasteiger charge is 2.17. The Morgan fingerprint density at radius 1 is 0.674 bits per heavy atom. The van der Waals surface area contributed by atoms with Gasteiger partial charge in [0.25, 0.3) is 0 Å². The highest BCUT2D eigenvalue weighted by atomic mass is 15.1. The first-order valence-corrected chi connectivity index (χ1v) is 16.1. The normalized spacial score (nSPS) is 15.4. The molecule has 2 aliphatic carbocycles. The second-order valence-corrected chi connectivity index (χ2v) is 11.3. The predicted octanol–water partition coefficient (Wildman–Crippen LogP) is 12.0. The first-order valence-electron chi connectivity index (χ1n) is 16.1. The molecule has 0 saturated carbocycles. The molecule has 0 aromatic heterocycles. The SMILES string of the molecule is C1=CCC(Nc2cccc3ccccc23)C=C1.C=C/C=C(\C1=CCCC=C1)N(c1ccccc1)c1ccc(-c2ccccc2)cc1. The zero-order valence-electron chi connectivity index (χ0n) is 26.2. The summed E-state index contributed by atoms with van der Waals surface area (Å²) in [7, 11) is 0. The van der Waals surface area contributed by atoms with Gasteiger partial charge in [-0.2, -0.15) is 0 Å². The van der Waals surface area contributed by atoms with E-state index in [4.69, 9.17) is 0 Å². The van der Waals surface area contributed by atoms with E-state index in [-0.39, 0.29) is 0 Å². The lowest BCUT2D eigenvalue weighted by molar-refractivity contribution is 0.885. The van der Waals surface area contributed by atoms with Gasteiger partial charge in [-0.25, -0.2) is 0 Å². The molecule has 0 saturated heterocycles. The largest absolute Gasteiger partial charge is 0.378 e. The van der Waals surface area contributed by atoms with Crippen LogP contribution in [-0.4, -0.2) is 6.04 Å². The molecule has 2 nitrogen and oxygen atoms in total. The summed E-state index contributed by atoms with van der Waals surface area (Å²) in [6.45, 7) is 3.96. The van der Waals surface area contributed by atoms with Crippen LogP contribution in [0.15, 0.2) is 200 Å². The molecule has 0 aliphatic heterocycles. The zero-order chi connectivity index (χ0) is 31.4. The van der Waals surface area contributed by atoms with Gasteiger partial charge < -0.3 is 10.2 Å². The topological polar surface area (TPSA) is 15.3 Å². The van der Waals surface area contributed by atoms with Crippen LogP contribution < -0.4 is 10.2 Å². The Balaban J connectivity index is 0.000000185. The fourth-order valence-electron chi connectivity index (χ4n) is 5.89. The molecule has 0 heterocycles. The number of hydrogen-bond acceptors (Lipinski definition) is 2. The Morgan fingerprint density at radius 3 is 2.09 bits per heavy atom. The van der Waals surface area contributed by atoms with Crippen LogP contribution in [0.4, 0.5) is 17.1 Å². The standard InChI is InChI=1S/C28H25N.C16H15N/c1-2-12-28(25-15-8-4-9-16-25)29(26-17-10-5-11-18-26)27-21-19-24(20-22-27)23-13-6-3-7-14-23;1-2-9-14(10-3-1)17-16-12-6-8-13-7-4-5-11-15(13)16/h2-3,5-8,10-22H,1,4,9H2;1-9,11-12,14,17H,10H2/b28-12+;. The highest BCUT2D eigenvalue weighted by molar-refractivity contribution is 5.94. The van der Waals surface area contributed by atoms with E-state index in [2.05, 4.69) is 187 Å². The van der Waals surface area contributed by atoms with Gasteiger partial charge >= 0.3 is 0 Å². The maximum absolute atomic E-state index is 3.96. The smallest absolute Gasteiger partial charge is 0.0530 e. The average molecular weight is 597 g/mol. The Bertz CT molecular complexity index is 1890. The fourth-order valence-corrected chi connectivity index (χ4v) is 5.89. The molecule has 0 fully saturated rings. The van der Waals surface area contributed by atoms with Crippen molar-refractivity contribution >= 4 is 27.8 Å². The molecule has 1 unspecified atom stereocenters. The molecule has 46 heavy (non-hydrogen) atoms. The van der Waals surface area contributed by atoms with Crippen molar-refractivity contribution in [1.82, 2.24) is 0 Å². The monoisotopic (exact) mass is 596 g/mol. The minimum Gasteiger partial charge on any atom is -0.378 e. The molecule has 5 aromatic carbocycles. The van der Waals surface area contributed by atoms with Crippen molar-refractivity contribution in [3.05, 3.63) is 200 Å². The van der Waals surface area contributed by atoms with Crippen molar-refractivity contribution in [3.8, 4) is 11.1 Å². The first kappa shape index (κ1) is 30.4. The van der Waals surface area contributed by atoms with Gasteiger partial charge in [0.1, 0.15) is 0 Å². The maximum Gasteiger partial charge on any atom is 0.0530 e. The molecule has 0 bridgehead atoms. The third-order valence-electron chi connectivity index (χ3n) is 8.17. The average Bonchev–Trinajstić information content (AvgIpc) is 3.14. The lowest BCUT2D eigenvalue weighted by Crippen LogP contribution is -2.18. The van der Waals surface area contributed by atoms with Crippen LogP contribution >= 0.6 is 0 Å². The van der Waals surface area contributed by atoms with E-state index in [1.165, 1.54) is 33.2 Å². The van der Waals surface area contributed by atoms with Crippen LogP contribution in [0.3, 0.4) is 0 Å². The Morgan fingerprint density at radius 2 is 1.37 bits per heavy atom. The molecule has 2 heteroatoms. The van der Waals surface area contributed by atoms with Gasteiger partial charge in [0.15, 0.2) is 0 Å². The van der Waals surface area contributed by atoms with Crippen LogP contribution in [0, 0.1) is 0 Å². The van der Waals surface area contributed by atoms with E-state index < -0.39 is 0 Å². The van der Waals surface area contributed by atoms with Gasteiger partial charge in [-0.15, -0.1) is 0 Å². The summed E-state index contributed by atoms with van der Waals surface area (Å²) in [5, 5.41) is 6.16. The van der Waals surface area contributed by atoms with E-state index >= 15 is 0 Å². The number of allylic oxidation sites excluding steroid dienone is 7. The van der Waals surface area contributed by atoms with Crippen LogP contribution in [0.1, 0.15) is 19.3 Å². The number of anilines is 3. The van der Waals surface area contributed by atoms with E-state index in [9.17, 15) is 0 Å². The van der Waals surface area contributed by atoms with Crippen LogP contribution in [0.25, 0.3) is 21.9 Å². The summed E-state index contributed by atoms with van der Waals surface area (Å²) in [4.78, 5) is 2.30. The highest BCUT2D eigenvalue weighted by Crippen LogP contribution is 2.35. The van der Waals surface area contributed by atoms with Crippen molar-refractivity contribution in [1.29, 1.82) is 0 Å². The Labute approximate surface area is 273 Å². The summed E-state index contributed by atoms with van der Waals surface area (Å²) in [5.74, 6) is 0. The van der Waals surface area contributed by atoms with Gasteiger partial charge in [0, 0.05) is 28.5 Å². The number of hydrogen-bond donors (Lipinski definition) is 1. The van der Waals surface area contributed by atoms with Gasteiger partial charge in [-0.1, -0.05) is 152 Å². The molecule has 5 aromatic rings. The Hall–Kier alpha value is -5.60. The number of nitrogens with one attached hydrogen (secondary N) is 1. The molecular formula is C44H40N2. The molecule has 0 spiro atoms. The molecule has 2 aliphatic rings. The minimum absolute atomic E-state index is 0.408.